The molecule has 0 bridgehead atoms. The van der Waals surface area contributed by atoms with Crippen LogP contribution in [0.3, 0.4) is 0 Å². The van der Waals surface area contributed by atoms with Gasteiger partial charge < -0.3 is 10.2 Å². The second-order valence-electron chi connectivity index (χ2n) is 10.8. The van der Waals surface area contributed by atoms with Crippen molar-refractivity contribution in [2.45, 2.75) is 77.4 Å². The van der Waals surface area contributed by atoms with E-state index in [0.29, 0.717) is 24.2 Å². The van der Waals surface area contributed by atoms with Crippen molar-refractivity contribution >= 4 is 5.57 Å². The molecule has 152 valence electrons. The fraction of sp³-hybridized carbons (Fsp3) is 0.720. The lowest BCUT2D eigenvalue weighted by molar-refractivity contribution is -0.241. The summed E-state index contributed by atoms with van der Waals surface area (Å²) in [6.07, 6.45) is 13.0. The van der Waals surface area contributed by atoms with Gasteiger partial charge in [0.05, 0.1) is 11.7 Å². The van der Waals surface area contributed by atoms with E-state index in [1.807, 2.05) is 12.4 Å². The van der Waals surface area contributed by atoms with Crippen LogP contribution in [0.15, 0.2) is 30.6 Å². The zero-order valence-electron chi connectivity index (χ0n) is 17.6. The fourth-order valence-electron chi connectivity index (χ4n) is 8.20. The van der Waals surface area contributed by atoms with Crippen molar-refractivity contribution in [2.75, 3.05) is 0 Å². The maximum atomic E-state index is 11.8. The van der Waals surface area contributed by atoms with Crippen molar-refractivity contribution in [3.63, 3.8) is 0 Å². The van der Waals surface area contributed by atoms with Crippen LogP contribution < -0.4 is 0 Å². The Morgan fingerprint density at radius 3 is 2.71 bits per heavy atom. The quantitative estimate of drug-likeness (QED) is 0.732. The largest absolute Gasteiger partial charge is 0.393 e. The Hall–Kier alpha value is -1.19. The smallest absolute Gasteiger partial charge is 0.0753 e. The van der Waals surface area contributed by atoms with Crippen molar-refractivity contribution in [1.29, 1.82) is 0 Å². The predicted molar refractivity (Wildman–Crippen MR) is 111 cm³/mol. The van der Waals surface area contributed by atoms with E-state index >= 15 is 0 Å². The van der Waals surface area contributed by atoms with E-state index in [0.717, 1.165) is 25.7 Å². The first kappa shape index (κ1) is 18.8. The van der Waals surface area contributed by atoms with Crippen molar-refractivity contribution in [1.82, 2.24) is 4.98 Å². The molecule has 2 N–H and O–H groups in total. The number of pyridine rings is 1. The van der Waals surface area contributed by atoms with Crippen LogP contribution in [0.5, 0.6) is 0 Å². The van der Waals surface area contributed by atoms with Crippen LogP contribution in [0.25, 0.3) is 5.57 Å². The molecule has 3 fully saturated rings. The van der Waals surface area contributed by atoms with Gasteiger partial charge in [0.25, 0.3) is 0 Å². The Morgan fingerprint density at radius 1 is 1.14 bits per heavy atom. The molecule has 1 heterocycles. The molecule has 0 aromatic carbocycles. The van der Waals surface area contributed by atoms with Gasteiger partial charge in [0.15, 0.2) is 0 Å². The third-order valence-corrected chi connectivity index (χ3v) is 9.78. The molecule has 0 amide bonds. The van der Waals surface area contributed by atoms with E-state index in [1.54, 1.807) is 0 Å². The Balaban J connectivity index is 1.49. The van der Waals surface area contributed by atoms with Crippen LogP contribution in [0, 0.1) is 34.5 Å². The molecular formula is C25H35NO2. The van der Waals surface area contributed by atoms with Crippen molar-refractivity contribution in [3.8, 4) is 0 Å². The summed E-state index contributed by atoms with van der Waals surface area (Å²) in [6, 6.07) is 4.26. The van der Waals surface area contributed by atoms with E-state index in [4.69, 9.17) is 0 Å². The molecule has 4 aliphatic carbocycles. The Bertz CT molecular complexity index is 791. The van der Waals surface area contributed by atoms with Crippen LogP contribution in [0.4, 0.5) is 0 Å². The molecule has 8 unspecified atom stereocenters. The van der Waals surface area contributed by atoms with Gasteiger partial charge in [0.1, 0.15) is 0 Å². The number of hydrogen-bond donors (Lipinski definition) is 2. The molecule has 4 aliphatic rings. The molecule has 1 aromatic rings. The summed E-state index contributed by atoms with van der Waals surface area (Å²) < 4.78 is 0. The van der Waals surface area contributed by atoms with Gasteiger partial charge >= 0.3 is 0 Å². The van der Waals surface area contributed by atoms with Crippen molar-refractivity contribution in [3.05, 3.63) is 36.2 Å². The molecule has 28 heavy (non-hydrogen) atoms. The van der Waals surface area contributed by atoms with Crippen LogP contribution >= 0.6 is 0 Å². The summed E-state index contributed by atoms with van der Waals surface area (Å²) in [7, 11) is 0. The van der Waals surface area contributed by atoms with Gasteiger partial charge in [0.2, 0.25) is 0 Å². The second kappa shape index (κ2) is 6.15. The van der Waals surface area contributed by atoms with Gasteiger partial charge in [-0.2, -0.15) is 0 Å². The van der Waals surface area contributed by atoms with Gasteiger partial charge in [-0.3, -0.25) is 4.98 Å². The van der Waals surface area contributed by atoms with Gasteiger partial charge in [-0.1, -0.05) is 32.9 Å². The van der Waals surface area contributed by atoms with Gasteiger partial charge in [-0.25, -0.2) is 0 Å². The van der Waals surface area contributed by atoms with Gasteiger partial charge in [-0.05, 0) is 90.2 Å². The average molecular weight is 382 g/mol. The molecule has 3 saturated carbocycles. The summed E-state index contributed by atoms with van der Waals surface area (Å²) in [5, 5.41) is 22.1. The van der Waals surface area contributed by atoms with Crippen molar-refractivity contribution in [2.24, 2.45) is 34.5 Å². The molecule has 0 radical (unpaired) electrons. The summed E-state index contributed by atoms with van der Waals surface area (Å²) in [5.74, 6) is 2.15. The van der Waals surface area contributed by atoms with E-state index in [9.17, 15) is 10.2 Å². The Labute approximate surface area is 169 Å². The van der Waals surface area contributed by atoms with Crippen LogP contribution in [0.2, 0.25) is 0 Å². The number of aliphatic hydroxyl groups is 2. The van der Waals surface area contributed by atoms with E-state index in [1.165, 1.54) is 24.0 Å². The molecule has 8 atom stereocenters. The highest BCUT2D eigenvalue weighted by molar-refractivity contribution is 5.72. The maximum Gasteiger partial charge on any atom is 0.0753 e. The third-order valence-electron chi connectivity index (χ3n) is 9.78. The summed E-state index contributed by atoms with van der Waals surface area (Å²) >= 11 is 0. The lowest BCUT2D eigenvalue weighted by atomic mass is 9.41. The highest BCUT2D eigenvalue weighted by Gasteiger charge is 2.65. The van der Waals surface area contributed by atoms with Crippen LogP contribution in [-0.4, -0.2) is 26.9 Å². The number of aliphatic hydroxyl groups excluding tert-OH is 1. The third kappa shape index (κ3) is 2.32. The minimum atomic E-state index is -0.711. The zero-order valence-corrected chi connectivity index (χ0v) is 17.6. The predicted octanol–water partition coefficient (Wildman–Crippen LogP) is 4.84. The number of hydrogen-bond acceptors (Lipinski definition) is 3. The number of aromatic nitrogens is 1. The second-order valence-corrected chi connectivity index (χ2v) is 10.8. The minimum absolute atomic E-state index is 0.0626. The van der Waals surface area contributed by atoms with Gasteiger partial charge in [-0.15, -0.1) is 0 Å². The molecular weight excluding hydrogens is 346 g/mol. The molecule has 3 nitrogen and oxygen atoms in total. The van der Waals surface area contributed by atoms with E-state index in [-0.39, 0.29) is 22.9 Å². The first-order valence-electron chi connectivity index (χ1n) is 11.3. The lowest BCUT2D eigenvalue weighted by Gasteiger charge is -2.66. The molecule has 0 saturated heterocycles. The van der Waals surface area contributed by atoms with Crippen LogP contribution in [-0.2, 0) is 0 Å². The highest BCUT2D eigenvalue weighted by atomic mass is 16.3. The zero-order chi connectivity index (χ0) is 19.7. The highest BCUT2D eigenvalue weighted by Crippen LogP contribution is 2.69. The number of fused-ring (bicyclic) bond motifs is 5. The molecule has 5 rings (SSSR count). The Kier molecular flexibility index (Phi) is 4.13. The normalized spacial score (nSPS) is 50.3. The number of nitrogens with zero attached hydrogens (tertiary/aromatic N) is 1. The number of allylic oxidation sites excluding steroid dienone is 2. The molecule has 1 aromatic heterocycles. The first-order chi connectivity index (χ1) is 13.3. The number of rotatable bonds is 1. The average Bonchev–Trinajstić information content (AvgIpc) is 3.03. The first-order valence-corrected chi connectivity index (χ1v) is 11.3. The SMILES string of the molecule is CC1CC2C3CC=C(c4cccnc4)C3(C)CCC2C2(C)CCC(O)CC12O. The van der Waals surface area contributed by atoms with E-state index in [2.05, 4.69) is 44.0 Å². The summed E-state index contributed by atoms with van der Waals surface area (Å²) in [5.41, 5.74) is 2.24. The summed E-state index contributed by atoms with van der Waals surface area (Å²) in [6.45, 7) is 7.07. The summed E-state index contributed by atoms with van der Waals surface area (Å²) in [4.78, 5) is 4.38. The van der Waals surface area contributed by atoms with Gasteiger partial charge in [0, 0.05) is 18.8 Å². The lowest BCUT2D eigenvalue weighted by Crippen LogP contribution is -2.66. The van der Waals surface area contributed by atoms with E-state index < -0.39 is 5.60 Å². The standard InChI is InChI=1S/C25H35NO2/c1-16-13-19-21-7-6-20(17-5-4-12-26-15-17)23(21,2)10-9-22(19)24(3)11-8-18(27)14-25(16,24)28/h4-6,12,15-16,18-19,21-22,27-28H,7-11,13-14H2,1-3H3. The van der Waals surface area contributed by atoms with Crippen LogP contribution in [0.1, 0.15) is 71.3 Å². The monoisotopic (exact) mass is 381 g/mol. The molecule has 3 heteroatoms. The van der Waals surface area contributed by atoms with Crippen molar-refractivity contribution < 1.29 is 10.2 Å². The minimum Gasteiger partial charge on any atom is -0.393 e. The fourth-order valence-corrected chi connectivity index (χ4v) is 8.20. The maximum absolute atomic E-state index is 11.8. The molecule has 0 aliphatic heterocycles. The molecule has 0 spiro atoms. The topological polar surface area (TPSA) is 53.4 Å². The Morgan fingerprint density at radius 2 is 1.96 bits per heavy atom.